The van der Waals surface area contributed by atoms with Gasteiger partial charge >= 0.3 is 6.18 Å². The number of hydrogen-bond donors (Lipinski definition) is 1. The molecule has 1 aromatic carbocycles. The van der Waals surface area contributed by atoms with E-state index in [9.17, 15) is 28.1 Å². The van der Waals surface area contributed by atoms with E-state index in [1.54, 1.807) is 0 Å². The number of rotatable bonds is 4. The zero-order valence-corrected chi connectivity index (χ0v) is 18.9. The van der Waals surface area contributed by atoms with E-state index >= 15 is 0 Å². The molecule has 2 fully saturated rings. The van der Waals surface area contributed by atoms with E-state index in [1.165, 1.54) is 32.1 Å². The first-order valence-electron chi connectivity index (χ1n) is 11.2. The fourth-order valence-corrected chi connectivity index (χ4v) is 5.56. The van der Waals surface area contributed by atoms with Crippen LogP contribution in [0.3, 0.4) is 0 Å². The van der Waals surface area contributed by atoms with Gasteiger partial charge in [0.05, 0.1) is 15.9 Å². The van der Waals surface area contributed by atoms with Crippen LogP contribution in [0.25, 0.3) is 10.1 Å². The molecule has 2 aromatic rings. The van der Waals surface area contributed by atoms with Gasteiger partial charge in [0.15, 0.2) is 5.13 Å². The van der Waals surface area contributed by atoms with Crippen LogP contribution >= 0.6 is 11.3 Å². The van der Waals surface area contributed by atoms with Crippen molar-refractivity contribution >= 4 is 32.2 Å². The van der Waals surface area contributed by atoms with Crippen LogP contribution in [-0.4, -0.2) is 47.1 Å². The van der Waals surface area contributed by atoms with Crippen molar-refractivity contribution in [2.45, 2.75) is 57.2 Å². The molecule has 1 saturated heterocycles. The number of anilines is 1. The van der Waals surface area contributed by atoms with Gasteiger partial charge in [-0.15, -0.1) is 0 Å². The topological polar surface area (TPSA) is 91.6 Å². The zero-order valence-electron chi connectivity index (χ0n) is 18.1. The van der Waals surface area contributed by atoms with Gasteiger partial charge < -0.3 is 4.90 Å². The quantitative estimate of drug-likeness (QED) is 0.509. The van der Waals surface area contributed by atoms with Gasteiger partial charge in [0.2, 0.25) is 0 Å². The predicted molar refractivity (Wildman–Crippen MR) is 121 cm³/mol. The van der Waals surface area contributed by atoms with Gasteiger partial charge in [0.1, 0.15) is 4.70 Å². The Morgan fingerprint density at radius 1 is 1.06 bits per heavy atom. The molecule has 2 aliphatic rings. The van der Waals surface area contributed by atoms with Crippen molar-refractivity contribution in [2.75, 3.05) is 31.1 Å². The third-order valence-electron chi connectivity index (χ3n) is 6.23. The minimum absolute atomic E-state index is 0.0851. The Balaban J connectivity index is 1.51. The minimum atomic E-state index is -4.80. The third kappa shape index (κ3) is 5.61. The van der Waals surface area contributed by atoms with Crippen molar-refractivity contribution in [2.24, 2.45) is 0 Å². The Bertz CT molecular complexity index is 1060. The third-order valence-corrected chi connectivity index (χ3v) is 7.40. The summed E-state index contributed by atoms with van der Waals surface area (Å²) in [5.74, 6) is 0. The molecule has 2 heterocycles. The van der Waals surface area contributed by atoms with Gasteiger partial charge in [-0.25, -0.2) is 5.01 Å². The second-order valence-electron chi connectivity index (χ2n) is 8.57. The number of nitrogens with one attached hydrogen (secondary N) is 1. The number of fused-ring (bicyclic) bond motifs is 1. The number of non-ortho nitro benzene ring substituents is 1. The fourth-order valence-electron chi connectivity index (χ4n) is 4.45. The monoisotopic (exact) mass is 485 g/mol. The van der Waals surface area contributed by atoms with E-state index < -0.39 is 27.9 Å². The van der Waals surface area contributed by atoms with Crippen molar-refractivity contribution < 1.29 is 18.1 Å². The SMILES string of the molecule is O=c1nc(N2CCN(NC3CCCCCCC3)CC2)sc2c([N+](=O)[O-])cc(C(F)(F)F)cc12. The summed E-state index contributed by atoms with van der Waals surface area (Å²) in [6.45, 7) is 2.49. The van der Waals surface area contributed by atoms with Gasteiger partial charge in [-0.2, -0.15) is 18.2 Å². The zero-order chi connectivity index (χ0) is 23.6. The van der Waals surface area contributed by atoms with Crippen LogP contribution in [0.1, 0.15) is 50.5 Å². The number of alkyl halides is 3. The molecule has 12 heteroatoms. The second-order valence-corrected chi connectivity index (χ2v) is 9.55. The molecule has 1 N–H and O–H groups in total. The van der Waals surface area contributed by atoms with Crippen LogP contribution in [0.4, 0.5) is 24.0 Å². The van der Waals surface area contributed by atoms with E-state index in [-0.39, 0.29) is 10.1 Å². The Morgan fingerprint density at radius 3 is 2.30 bits per heavy atom. The van der Waals surface area contributed by atoms with Crippen LogP contribution in [-0.2, 0) is 6.18 Å². The first-order valence-corrected chi connectivity index (χ1v) is 12.0. The number of nitrogens with zero attached hydrogens (tertiary/aromatic N) is 4. The second kappa shape index (κ2) is 9.90. The van der Waals surface area contributed by atoms with Crippen molar-refractivity contribution in [3.63, 3.8) is 0 Å². The summed E-state index contributed by atoms with van der Waals surface area (Å²) in [5.41, 5.74) is 0.775. The van der Waals surface area contributed by atoms with Crippen LogP contribution in [0.15, 0.2) is 16.9 Å². The molecule has 1 aromatic heterocycles. The highest BCUT2D eigenvalue weighted by Gasteiger charge is 2.34. The number of aromatic nitrogens is 1. The summed E-state index contributed by atoms with van der Waals surface area (Å²) >= 11 is 0.891. The summed E-state index contributed by atoms with van der Waals surface area (Å²) in [7, 11) is 0. The van der Waals surface area contributed by atoms with E-state index in [0.717, 1.165) is 24.2 Å². The predicted octanol–water partition coefficient (Wildman–Crippen LogP) is 4.32. The summed E-state index contributed by atoms with van der Waals surface area (Å²) in [5, 5.41) is 13.5. The summed E-state index contributed by atoms with van der Waals surface area (Å²) < 4.78 is 39.4. The molecule has 8 nitrogen and oxygen atoms in total. The molecular weight excluding hydrogens is 459 g/mol. The molecule has 33 heavy (non-hydrogen) atoms. The molecule has 0 radical (unpaired) electrons. The number of halogens is 3. The van der Waals surface area contributed by atoms with Crippen molar-refractivity contribution in [1.29, 1.82) is 0 Å². The lowest BCUT2D eigenvalue weighted by atomic mass is 9.97. The van der Waals surface area contributed by atoms with Gasteiger partial charge in [-0.1, -0.05) is 43.4 Å². The fraction of sp³-hybridized carbons (Fsp3) is 0.619. The van der Waals surface area contributed by atoms with Crippen LogP contribution in [0.2, 0.25) is 0 Å². The lowest BCUT2D eigenvalue weighted by molar-refractivity contribution is -0.383. The molecule has 0 unspecified atom stereocenters. The van der Waals surface area contributed by atoms with Crippen molar-refractivity contribution in [3.05, 3.63) is 38.2 Å². The molecular formula is C21H26F3N5O3S. The summed E-state index contributed by atoms with van der Waals surface area (Å²) in [4.78, 5) is 29.0. The average molecular weight is 486 g/mol. The molecule has 180 valence electrons. The minimum Gasteiger partial charge on any atom is -0.345 e. The lowest BCUT2D eigenvalue weighted by Crippen LogP contribution is -2.55. The molecule has 4 rings (SSSR count). The number of piperazine rings is 1. The van der Waals surface area contributed by atoms with Gasteiger partial charge in [-0.05, 0) is 18.9 Å². The Kier molecular flexibility index (Phi) is 7.15. The lowest BCUT2D eigenvalue weighted by Gasteiger charge is -2.37. The number of benzene rings is 1. The maximum absolute atomic E-state index is 13.1. The van der Waals surface area contributed by atoms with Crippen LogP contribution < -0.4 is 15.9 Å². The largest absolute Gasteiger partial charge is 0.416 e. The van der Waals surface area contributed by atoms with Gasteiger partial charge in [0, 0.05) is 38.3 Å². The average Bonchev–Trinajstić information content (AvgIpc) is 2.74. The first kappa shape index (κ1) is 23.8. The molecule has 0 bridgehead atoms. The van der Waals surface area contributed by atoms with Crippen molar-refractivity contribution in [1.82, 2.24) is 15.4 Å². The molecule has 1 aliphatic heterocycles. The maximum Gasteiger partial charge on any atom is 0.416 e. The van der Waals surface area contributed by atoms with E-state index in [4.69, 9.17) is 0 Å². The Hall–Kier alpha value is -2.31. The number of hydrazine groups is 1. The molecule has 0 spiro atoms. The van der Waals surface area contributed by atoms with Gasteiger partial charge in [0.25, 0.3) is 11.2 Å². The van der Waals surface area contributed by atoms with Crippen LogP contribution in [0.5, 0.6) is 0 Å². The highest BCUT2D eigenvalue weighted by molar-refractivity contribution is 7.22. The summed E-state index contributed by atoms with van der Waals surface area (Å²) in [6, 6.07) is 1.59. The highest BCUT2D eigenvalue weighted by Crippen LogP contribution is 2.38. The van der Waals surface area contributed by atoms with Crippen LogP contribution in [0, 0.1) is 10.1 Å². The molecule has 1 aliphatic carbocycles. The van der Waals surface area contributed by atoms with Gasteiger partial charge in [-0.3, -0.25) is 20.3 Å². The molecule has 0 amide bonds. The highest BCUT2D eigenvalue weighted by atomic mass is 32.1. The van der Waals surface area contributed by atoms with E-state index in [2.05, 4.69) is 15.4 Å². The number of hydrogen-bond acceptors (Lipinski definition) is 8. The summed E-state index contributed by atoms with van der Waals surface area (Å²) in [6.07, 6.45) is 3.81. The Labute approximate surface area is 192 Å². The Morgan fingerprint density at radius 2 is 1.70 bits per heavy atom. The van der Waals surface area contributed by atoms with Crippen molar-refractivity contribution in [3.8, 4) is 0 Å². The molecule has 0 atom stereocenters. The maximum atomic E-state index is 13.1. The number of nitro groups is 1. The number of nitro benzene ring substituents is 1. The smallest absolute Gasteiger partial charge is 0.345 e. The first-order chi connectivity index (χ1) is 15.7. The molecule has 1 saturated carbocycles. The standard InChI is InChI=1S/C21H26F3N5O3S/c22-21(23,24)14-12-16-18(17(13-14)29(31)32)33-20(25-19(16)30)27-8-10-28(11-9-27)26-15-6-4-2-1-3-5-7-15/h12-13,15,26H,1-11H2. The van der Waals surface area contributed by atoms with E-state index in [1.807, 2.05) is 4.90 Å². The van der Waals surface area contributed by atoms with E-state index in [0.29, 0.717) is 49.5 Å². The normalized spacial score (nSPS) is 19.4.